The van der Waals surface area contributed by atoms with Crippen molar-refractivity contribution in [3.05, 3.63) is 80.5 Å². The summed E-state index contributed by atoms with van der Waals surface area (Å²) in [7, 11) is 0. The second-order valence-electron chi connectivity index (χ2n) is 6.40. The largest absolute Gasteiger partial charge is 0.467 e. The van der Waals surface area contributed by atoms with Crippen molar-refractivity contribution in [3.8, 4) is 0 Å². The van der Waals surface area contributed by atoms with Gasteiger partial charge in [-0.15, -0.1) is 11.3 Å². The highest BCUT2D eigenvalue weighted by atomic mass is 32.1. The molecule has 27 heavy (non-hydrogen) atoms. The predicted molar refractivity (Wildman–Crippen MR) is 101 cm³/mol. The van der Waals surface area contributed by atoms with Gasteiger partial charge in [-0.25, -0.2) is 4.98 Å². The fourth-order valence-electron chi connectivity index (χ4n) is 3.39. The first kappa shape index (κ1) is 16.0. The molecule has 6 nitrogen and oxygen atoms in total. The maximum Gasteiger partial charge on any atom is 0.297 e. The van der Waals surface area contributed by atoms with Gasteiger partial charge in [0.2, 0.25) is 5.76 Å². The molecule has 3 aromatic heterocycles. The van der Waals surface area contributed by atoms with Crippen LogP contribution in [-0.4, -0.2) is 10.9 Å². The molecular weight excluding hydrogens is 364 g/mol. The summed E-state index contributed by atoms with van der Waals surface area (Å²) in [6, 6.07) is 9.72. The first-order valence-electron chi connectivity index (χ1n) is 8.43. The first-order valence-corrected chi connectivity index (χ1v) is 9.24. The van der Waals surface area contributed by atoms with E-state index in [0.717, 1.165) is 10.6 Å². The maximum absolute atomic E-state index is 13.2. The lowest BCUT2D eigenvalue weighted by Gasteiger charge is -2.20. The van der Waals surface area contributed by atoms with Crippen LogP contribution in [0.15, 0.2) is 56.3 Å². The van der Waals surface area contributed by atoms with E-state index in [1.165, 1.54) is 22.5 Å². The van der Waals surface area contributed by atoms with Gasteiger partial charge in [0.1, 0.15) is 17.4 Å². The normalized spacial score (nSPS) is 16.3. The van der Waals surface area contributed by atoms with Crippen LogP contribution in [0, 0.1) is 13.8 Å². The van der Waals surface area contributed by atoms with Gasteiger partial charge in [-0.3, -0.25) is 14.5 Å². The van der Waals surface area contributed by atoms with Crippen LogP contribution in [0.1, 0.15) is 38.5 Å². The highest BCUT2D eigenvalue weighted by Crippen LogP contribution is 2.42. The van der Waals surface area contributed by atoms with Crippen LogP contribution in [0.4, 0.5) is 5.13 Å². The van der Waals surface area contributed by atoms with E-state index in [4.69, 9.17) is 8.83 Å². The van der Waals surface area contributed by atoms with E-state index in [-0.39, 0.29) is 17.1 Å². The Balaban J connectivity index is 1.83. The van der Waals surface area contributed by atoms with Gasteiger partial charge in [0.05, 0.1) is 22.9 Å². The molecule has 4 heterocycles. The standard InChI is InChI=1S/C20H14N2O4S/c1-10-11(2)27-20(21-10)22-16(14-8-5-9-25-14)15-17(23)12-6-3-4-7-13(12)26-18(15)19(22)24/h3-9,16H,1-2H3/t16-/m1/s1. The van der Waals surface area contributed by atoms with E-state index in [2.05, 4.69) is 4.98 Å². The Labute approximate surface area is 157 Å². The number of para-hydroxylation sites is 1. The molecule has 134 valence electrons. The van der Waals surface area contributed by atoms with E-state index in [1.807, 2.05) is 13.8 Å². The van der Waals surface area contributed by atoms with Crippen molar-refractivity contribution in [1.29, 1.82) is 0 Å². The molecular formula is C20H14N2O4S. The van der Waals surface area contributed by atoms with Gasteiger partial charge >= 0.3 is 0 Å². The van der Waals surface area contributed by atoms with Crippen LogP contribution in [0.2, 0.25) is 0 Å². The van der Waals surface area contributed by atoms with Crippen LogP contribution in [-0.2, 0) is 0 Å². The highest BCUT2D eigenvalue weighted by molar-refractivity contribution is 7.15. The van der Waals surface area contributed by atoms with Crippen molar-refractivity contribution in [3.63, 3.8) is 0 Å². The summed E-state index contributed by atoms with van der Waals surface area (Å²) in [6.45, 7) is 3.84. The van der Waals surface area contributed by atoms with Crippen LogP contribution < -0.4 is 10.3 Å². The number of hydrogen-bond acceptors (Lipinski definition) is 6. The van der Waals surface area contributed by atoms with Crippen molar-refractivity contribution >= 4 is 33.3 Å². The molecule has 4 aromatic rings. The zero-order chi connectivity index (χ0) is 18.7. The van der Waals surface area contributed by atoms with Gasteiger partial charge in [0.15, 0.2) is 10.6 Å². The molecule has 0 radical (unpaired) electrons. The molecule has 0 N–H and O–H groups in total. The molecule has 5 rings (SSSR count). The summed E-state index contributed by atoms with van der Waals surface area (Å²) >= 11 is 1.41. The summed E-state index contributed by atoms with van der Waals surface area (Å²) in [6.07, 6.45) is 1.52. The van der Waals surface area contributed by atoms with E-state index >= 15 is 0 Å². The third kappa shape index (κ3) is 2.21. The number of nitrogens with zero attached hydrogens (tertiary/aromatic N) is 2. The quantitative estimate of drug-likeness (QED) is 0.522. The Morgan fingerprint density at radius 2 is 1.93 bits per heavy atom. The number of fused-ring (bicyclic) bond motifs is 2. The number of amides is 1. The Morgan fingerprint density at radius 1 is 1.11 bits per heavy atom. The number of rotatable bonds is 2. The number of aryl methyl sites for hydroxylation is 2. The third-order valence-electron chi connectivity index (χ3n) is 4.81. The number of hydrogen-bond donors (Lipinski definition) is 0. The van der Waals surface area contributed by atoms with Gasteiger partial charge in [0.25, 0.3) is 5.91 Å². The summed E-state index contributed by atoms with van der Waals surface area (Å²) in [4.78, 5) is 33.5. The molecule has 0 saturated carbocycles. The zero-order valence-corrected chi connectivity index (χ0v) is 15.4. The van der Waals surface area contributed by atoms with Crippen molar-refractivity contribution in [1.82, 2.24) is 4.98 Å². The molecule has 7 heteroatoms. The highest BCUT2D eigenvalue weighted by Gasteiger charge is 2.46. The Morgan fingerprint density at radius 3 is 2.63 bits per heavy atom. The minimum Gasteiger partial charge on any atom is -0.467 e. The molecule has 0 bridgehead atoms. The summed E-state index contributed by atoms with van der Waals surface area (Å²) in [5, 5.41) is 0.959. The number of carbonyl (C=O) groups is 1. The molecule has 0 aliphatic carbocycles. The molecule has 0 unspecified atom stereocenters. The molecule has 0 fully saturated rings. The van der Waals surface area contributed by atoms with Crippen LogP contribution in [0.25, 0.3) is 11.0 Å². The van der Waals surface area contributed by atoms with Crippen molar-refractivity contribution in [2.75, 3.05) is 4.90 Å². The molecule has 1 amide bonds. The smallest absolute Gasteiger partial charge is 0.297 e. The average molecular weight is 378 g/mol. The number of aromatic nitrogens is 1. The number of benzene rings is 1. The number of thiazole rings is 1. The fraction of sp³-hybridized carbons (Fsp3) is 0.150. The molecule has 1 atom stereocenters. The fourth-order valence-corrected chi connectivity index (χ4v) is 4.33. The minimum atomic E-state index is -0.701. The van der Waals surface area contributed by atoms with Crippen LogP contribution in [0.3, 0.4) is 0 Å². The van der Waals surface area contributed by atoms with E-state index in [9.17, 15) is 9.59 Å². The lowest BCUT2D eigenvalue weighted by molar-refractivity contribution is 0.0969. The van der Waals surface area contributed by atoms with E-state index in [0.29, 0.717) is 27.4 Å². The third-order valence-corrected chi connectivity index (χ3v) is 5.89. The zero-order valence-electron chi connectivity index (χ0n) is 14.6. The van der Waals surface area contributed by atoms with Gasteiger partial charge in [-0.05, 0) is 38.1 Å². The molecule has 0 saturated heterocycles. The predicted octanol–water partition coefficient (Wildman–Crippen LogP) is 4.21. The van der Waals surface area contributed by atoms with Gasteiger partial charge < -0.3 is 8.83 Å². The number of furan rings is 1. The van der Waals surface area contributed by atoms with Gasteiger partial charge in [0, 0.05) is 4.88 Å². The monoisotopic (exact) mass is 378 g/mol. The maximum atomic E-state index is 13.2. The Hall–Kier alpha value is -3.19. The summed E-state index contributed by atoms with van der Waals surface area (Å²) in [5.74, 6) is 0.156. The molecule has 1 aliphatic rings. The van der Waals surface area contributed by atoms with Crippen molar-refractivity contribution in [2.24, 2.45) is 0 Å². The summed E-state index contributed by atoms with van der Waals surface area (Å²) < 4.78 is 11.4. The Kier molecular flexibility index (Phi) is 3.35. The van der Waals surface area contributed by atoms with E-state index in [1.54, 1.807) is 36.4 Å². The van der Waals surface area contributed by atoms with Crippen molar-refractivity contribution < 1.29 is 13.6 Å². The van der Waals surface area contributed by atoms with Crippen LogP contribution in [0.5, 0.6) is 0 Å². The lowest BCUT2D eigenvalue weighted by Crippen LogP contribution is -2.29. The SMILES string of the molecule is Cc1nc(N2C(=O)c3oc4ccccc4c(=O)c3[C@H]2c2ccco2)sc1C. The molecule has 0 spiro atoms. The van der Waals surface area contributed by atoms with Gasteiger partial charge in [-0.1, -0.05) is 12.1 Å². The first-order chi connectivity index (χ1) is 13.1. The average Bonchev–Trinajstić information content (AvgIpc) is 3.36. The van der Waals surface area contributed by atoms with Crippen LogP contribution >= 0.6 is 11.3 Å². The Bertz CT molecular complexity index is 1230. The lowest BCUT2D eigenvalue weighted by atomic mass is 10.0. The van der Waals surface area contributed by atoms with Crippen molar-refractivity contribution in [2.45, 2.75) is 19.9 Å². The number of carbonyl (C=O) groups excluding carboxylic acids is 1. The van der Waals surface area contributed by atoms with E-state index < -0.39 is 6.04 Å². The second-order valence-corrected chi connectivity index (χ2v) is 7.58. The van der Waals surface area contributed by atoms with Gasteiger partial charge in [-0.2, -0.15) is 0 Å². The second kappa shape index (κ2) is 5.65. The molecule has 1 aromatic carbocycles. The topological polar surface area (TPSA) is 76.6 Å². The minimum absolute atomic E-state index is 0.0469. The molecule has 1 aliphatic heterocycles. The summed E-state index contributed by atoms with van der Waals surface area (Å²) in [5.41, 5.74) is 1.30. The number of anilines is 1.